The lowest BCUT2D eigenvalue weighted by Crippen LogP contribution is -2.29. The normalized spacial score (nSPS) is 11.4. The summed E-state index contributed by atoms with van der Waals surface area (Å²) in [7, 11) is 0. The summed E-state index contributed by atoms with van der Waals surface area (Å²) in [6, 6.07) is -0.716. The van der Waals surface area contributed by atoms with Gasteiger partial charge in [0.25, 0.3) is 0 Å². The van der Waals surface area contributed by atoms with E-state index in [0.29, 0.717) is 25.8 Å². The number of carboxylic acid groups (broad SMARTS) is 3. The first-order chi connectivity index (χ1) is 13.3. The van der Waals surface area contributed by atoms with Gasteiger partial charge in [-0.25, -0.2) is 0 Å². The summed E-state index contributed by atoms with van der Waals surface area (Å²) in [5.41, 5.74) is 10.4. The van der Waals surface area contributed by atoms with Crippen molar-refractivity contribution in [2.75, 3.05) is 6.54 Å². The van der Waals surface area contributed by atoms with E-state index in [1.54, 1.807) is 0 Å². The van der Waals surface area contributed by atoms with Gasteiger partial charge in [0, 0.05) is 12.8 Å². The molecule has 0 rings (SSSR count). The van der Waals surface area contributed by atoms with E-state index in [1.165, 1.54) is 25.7 Å². The van der Waals surface area contributed by atoms with Crippen LogP contribution in [-0.2, 0) is 14.4 Å². The van der Waals surface area contributed by atoms with Crippen molar-refractivity contribution >= 4 is 17.9 Å². The average molecular weight is 405 g/mol. The molecule has 0 aliphatic carbocycles. The molecule has 0 spiro atoms. The number of aliphatic carboxylic acids is 3. The topological polar surface area (TPSA) is 164 Å². The third-order valence-corrected chi connectivity index (χ3v) is 4.32. The van der Waals surface area contributed by atoms with Crippen LogP contribution in [0.5, 0.6) is 0 Å². The first-order valence-corrected chi connectivity index (χ1v) is 10.4. The Labute approximate surface area is 168 Å². The predicted molar refractivity (Wildman–Crippen MR) is 109 cm³/mol. The minimum Gasteiger partial charge on any atom is -0.481 e. The number of nitrogens with two attached hydrogens (primary N) is 2. The van der Waals surface area contributed by atoms with Crippen LogP contribution < -0.4 is 11.5 Å². The van der Waals surface area contributed by atoms with E-state index >= 15 is 0 Å². The first-order valence-electron chi connectivity index (χ1n) is 10.4. The van der Waals surface area contributed by atoms with Crippen LogP contribution in [0.3, 0.4) is 0 Å². The van der Waals surface area contributed by atoms with Crippen LogP contribution >= 0.6 is 0 Å². The highest BCUT2D eigenvalue weighted by Crippen LogP contribution is 2.11. The van der Waals surface area contributed by atoms with Gasteiger partial charge in [-0.3, -0.25) is 14.4 Å². The summed E-state index contributed by atoms with van der Waals surface area (Å²) in [6.45, 7) is 0.604. The van der Waals surface area contributed by atoms with E-state index in [1.807, 2.05) is 0 Å². The summed E-state index contributed by atoms with van der Waals surface area (Å²) in [4.78, 5) is 30.7. The number of carboxylic acids is 3. The number of hydrogen-bond donors (Lipinski definition) is 5. The highest BCUT2D eigenvalue weighted by molar-refractivity contribution is 5.72. The molecular weight excluding hydrogens is 364 g/mol. The smallest absolute Gasteiger partial charge is 0.320 e. The van der Waals surface area contributed by atoms with E-state index in [4.69, 9.17) is 26.8 Å². The molecule has 0 aromatic heterocycles. The van der Waals surface area contributed by atoms with Crippen molar-refractivity contribution in [3.05, 3.63) is 0 Å². The standard InChI is InChI=1S/C14H26O4.C6H14N2O2/c15-13(16)11-9-7-5-3-1-2-4-6-8-10-12-14(17)18;7-4-2-1-3-5(8)6(9)10/h1-12H2,(H,15,16)(H,17,18);5H,1-4,7-8H2,(H,9,10)/t;5-/m.0/s1. The van der Waals surface area contributed by atoms with Crippen LogP contribution in [0.2, 0.25) is 0 Å². The van der Waals surface area contributed by atoms with Crippen LogP contribution in [0.15, 0.2) is 0 Å². The van der Waals surface area contributed by atoms with Crippen LogP contribution in [-0.4, -0.2) is 45.8 Å². The van der Waals surface area contributed by atoms with Gasteiger partial charge in [0.15, 0.2) is 0 Å². The summed E-state index contributed by atoms with van der Waals surface area (Å²) in [5, 5.41) is 25.2. The highest BCUT2D eigenvalue weighted by Gasteiger charge is 2.09. The van der Waals surface area contributed by atoms with Crippen molar-refractivity contribution in [1.82, 2.24) is 0 Å². The SMILES string of the molecule is NCCCC[C@H](N)C(=O)O.O=C(O)CCCCCCCCCCCCC(=O)O. The fraction of sp³-hybridized carbons (Fsp3) is 0.850. The van der Waals surface area contributed by atoms with Gasteiger partial charge in [0.1, 0.15) is 6.04 Å². The first kappa shape index (κ1) is 28.5. The molecule has 0 aliphatic heterocycles. The summed E-state index contributed by atoms with van der Waals surface area (Å²) in [5.74, 6) is -2.33. The molecule has 0 radical (unpaired) electrons. The van der Waals surface area contributed by atoms with E-state index < -0.39 is 23.9 Å². The van der Waals surface area contributed by atoms with Gasteiger partial charge >= 0.3 is 17.9 Å². The van der Waals surface area contributed by atoms with Crippen molar-refractivity contribution in [3.63, 3.8) is 0 Å². The van der Waals surface area contributed by atoms with E-state index in [2.05, 4.69) is 0 Å². The highest BCUT2D eigenvalue weighted by atomic mass is 16.4. The zero-order valence-corrected chi connectivity index (χ0v) is 17.1. The Morgan fingerprint density at radius 3 is 1.25 bits per heavy atom. The van der Waals surface area contributed by atoms with Gasteiger partial charge in [0.2, 0.25) is 0 Å². The van der Waals surface area contributed by atoms with Gasteiger partial charge in [-0.2, -0.15) is 0 Å². The number of unbranched alkanes of at least 4 members (excludes halogenated alkanes) is 10. The number of hydrogen-bond acceptors (Lipinski definition) is 5. The summed E-state index contributed by atoms with van der Waals surface area (Å²) >= 11 is 0. The second-order valence-electron chi connectivity index (χ2n) is 7.05. The Bertz CT molecular complexity index is 380. The Balaban J connectivity index is 0. The monoisotopic (exact) mass is 404 g/mol. The lowest BCUT2D eigenvalue weighted by Gasteiger charge is -2.03. The van der Waals surface area contributed by atoms with Crippen LogP contribution in [0.1, 0.15) is 96.3 Å². The maximum atomic E-state index is 10.3. The molecule has 0 bridgehead atoms. The average Bonchev–Trinajstić information content (AvgIpc) is 2.62. The van der Waals surface area contributed by atoms with Gasteiger partial charge in [-0.05, 0) is 32.2 Å². The van der Waals surface area contributed by atoms with Gasteiger partial charge in [-0.15, -0.1) is 0 Å². The molecule has 166 valence electrons. The Kier molecular flexibility index (Phi) is 22.0. The fourth-order valence-electron chi connectivity index (χ4n) is 2.60. The van der Waals surface area contributed by atoms with Crippen molar-refractivity contribution in [3.8, 4) is 0 Å². The van der Waals surface area contributed by atoms with Gasteiger partial charge in [-0.1, -0.05) is 57.8 Å². The largest absolute Gasteiger partial charge is 0.481 e. The van der Waals surface area contributed by atoms with Gasteiger partial charge in [0.05, 0.1) is 0 Å². The molecule has 0 unspecified atom stereocenters. The molecule has 0 aromatic rings. The maximum absolute atomic E-state index is 10.3. The van der Waals surface area contributed by atoms with Crippen LogP contribution in [0, 0.1) is 0 Å². The van der Waals surface area contributed by atoms with E-state index in [-0.39, 0.29) is 0 Å². The third kappa shape index (κ3) is 26.6. The predicted octanol–water partition coefficient (Wildman–Crippen LogP) is 3.36. The Morgan fingerprint density at radius 1 is 0.607 bits per heavy atom. The van der Waals surface area contributed by atoms with Crippen molar-refractivity contribution in [1.29, 1.82) is 0 Å². The zero-order valence-electron chi connectivity index (χ0n) is 17.1. The van der Waals surface area contributed by atoms with Crippen molar-refractivity contribution in [2.24, 2.45) is 11.5 Å². The fourth-order valence-corrected chi connectivity index (χ4v) is 2.60. The summed E-state index contributed by atoms with van der Waals surface area (Å²) in [6.07, 6.45) is 13.5. The van der Waals surface area contributed by atoms with Crippen LogP contribution in [0.4, 0.5) is 0 Å². The molecule has 0 aliphatic rings. The van der Waals surface area contributed by atoms with Gasteiger partial charge < -0.3 is 26.8 Å². The van der Waals surface area contributed by atoms with Crippen molar-refractivity contribution < 1.29 is 29.7 Å². The Hall–Kier alpha value is -1.67. The van der Waals surface area contributed by atoms with Crippen molar-refractivity contribution in [2.45, 2.75) is 102 Å². The lowest BCUT2D eigenvalue weighted by molar-refractivity contribution is -0.139. The molecule has 8 nitrogen and oxygen atoms in total. The maximum Gasteiger partial charge on any atom is 0.320 e. The molecular formula is C20H40N2O6. The molecule has 1 atom stereocenters. The second kappa shape index (κ2) is 21.6. The number of carbonyl (C=O) groups is 3. The van der Waals surface area contributed by atoms with E-state index in [9.17, 15) is 14.4 Å². The third-order valence-electron chi connectivity index (χ3n) is 4.32. The molecule has 0 aromatic carbocycles. The van der Waals surface area contributed by atoms with E-state index in [0.717, 1.165) is 51.4 Å². The Morgan fingerprint density at radius 2 is 0.964 bits per heavy atom. The van der Waals surface area contributed by atoms with Crippen LogP contribution in [0.25, 0.3) is 0 Å². The minimum atomic E-state index is -0.933. The lowest BCUT2D eigenvalue weighted by atomic mass is 10.1. The molecule has 8 heteroatoms. The molecule has 0 saturated carbocycles. The summed E-state index contributed by atoms with van der Waals surface area (Å²) < 4.78 is 0. The molecule has 7 N–H and O–H groups in total. The molecule has 0 fully saturated rings. The minimum absolute atomic E-state index is 0.295. The molecule has 0 heterocycles. The zero-order chi connectivity index (χ0) is 21.6. The molecule has 0 amide bonds. The second-order valence-corrected chi connectivity index (χ2v) is 7.05. The quantitative estimate of drug-likeness (QED) is 0.217. The number of rotatable bonds is 18. The molecule has 0 saturated heterocycles. The molecule has 28 heavy (non-hydrogen) atoms.